The van der Waals surface area contributed by atoms with Crippen LogP contribution in [0.5, 0.6) is 0 Å². The average molecular weight is 277 g/mol. The quantitative estimate of drug-likeness (QED) is 0.909. The third-order valence-electron chi connectivity index (χ3n) is 4.53. The smallest absolute Gasteiger partial charge is 0.335 e. The van der Waals surface area contributed by atoms with E-state index in [9.17, 15) is 4.79 Å². The maximum atomic E-state index is 11.1. The van der Waals surface area contributed by atoms with E-state index in [4.69, 9.17) is 5.11 Å². The van der Waals surface area contributed by atoms with Gasteiger partial charge in [-0.2, -0.15) is 0 Å². The number of fused-ring (bicyclic) bond motifs is 5. The van der Waals surface area contributed by atoms with Crippen LogP contribution in [0.25, 0.3) is 5.57 Å². The summed E-state index contributed by atoms with van der Waals surface area (Å²) in [4.78, 5) is 13.3. The lowest BCUT2D eigenvalue weighted by Gasteiger charge is -2.18. The molecule has 2 heterocycles. The van der Waals surface area contributed by atoms with E-state index in [0.717, 1.165) is 5.69 Å². The predicted molar refractivity (Wildman–Crippen MR) is 82.5 cm³/mol. The van der Waals surface area contributed by atoms with Crippen molar-refractivity contribution in [3.63, 3.8) is 0 Å². The van der Waals surface area contributed by atoms with Crippen LogP contribution in [0.3, 0.4) is 0 Å². The molecule has 4 rings (SSSR count). The summed E-state index contributed by atoms with van der Waals surface area (Å²) in [6, 6.07) is 16.2. The van der Waals surface area contributed by atoms with Gasteiger partial charge < -0.3 is 10.0 Å². The van der Waals surface area contributed by atoms with Crippen LogP contribution in [-0.2, 0) is 0 Å². The largest absolute Gasteiger partial charge is 0.478 e. The molecule has 0 radical (unpaired) electrons. The molecule has 21 heavy (non-hydrogen) atoms. The number of anilines is 1. The highest BCUT2D eigenvalue weighted by atomic mass is 16.4. The van der Waals surface area contributed by atoms with Gasteiger partial charge in [-0.15, -0.1) is 0 Å². The number of rotatable bonds is 2. The number of carboxylic acids is 1. The topological polar surface area (TPSA) is 40.5 Å². The number of carbonyl (C=O) groups is 1. The Labute approximate surface area is 123 Å². The van der Waals surface area contributed by atoms with Crippen molar-refractivity contribution in [3.8, 4) is 0 Å². The van der Waals surface area contributed by atoms with Gasteiger partial charge in [0.2, 0.25) is 0 Å². The van der Waals surface area contributed by atoms with Crippen LogP contribution < -0.4 is 4.90 Å². The fraction of sp³-hybridized carbons (Fsp3) is 0.167. The molecule has 2 unspecified atom stereocenters. The number of hydrogen-bond donors (Lipinski definition) is 1. The molecule has 2 aromatic carbocycles. The van der Waals surface area contributed by atoms with Gasteiger partial charge in [-0.25, -0.2) is 4.79 Å². The van der Waals surface area contributed by atoms with Crippen LogP contribution in [0.15, 0.2) is 54.7 Å². The molecule has 0 spiro atoms. The molecule has 0 saturated carbocycles. The highest BCUT2D eigenvalue weighted by Crippen LogP contribution is 2.53. The van der Waals surface area contributed by atoms with Crippen molar-refractivity contribution in [1.82, 2.24) is 0 Å². The van der Waals surface area contributed by atoms with E-state index in [0.29, 0.717) is 17.5 Å². The minimum atomic E-state index is -0.873. The number of nitrogens with zero attached hydrogens (tertiary/aromatic N) is 1. The Hall–Kier alpha value is -2.55. The van der Waals surface area contributed by atoms with E-state index in [-0.39, 0.29) is 0 Å². The molecular weight excluding hydrogens is 262 g/mol. The lowest BCUT2D eigenvalue weighted by atomic mass is 9.85. The highest BCUT2D eigenvalue weighted by Gasteiger charge is 2.42. The molecule has 2 aliphatic rings. The Kier molecular flexibility index (Phi) is 2.45. The van der Waals surface area contributed by atoms with Gasteiger partial charge in [0.15, 0.2) is 0 Å². The normalized spacial score (nSPS) is 22.1. The van der Waals surface area contributed by atoms with Crippen molar-refractivity contribution in [3.05, 3.63) is 71.4 Å². The van der Waals surface area contributed by atoms with Gasteiger partial charge in [0.1, 0.15) is 0 Å². The van der Waals surface area contributed by atoms with Gasteiger partial charge in [-0.05, 0) is 35.8 Å². The Morgan fingerprint density at radius 1 is 1.14 bits per heavy atom. The van der Waals surface area contributed by atoms with Gasteiger partial charge in [-0.3, -0.25) is 0 Å². The summed E-state index contributed by atoms with van der Waals surface area (Å²) < 4.78 is 0. The Morgan fingerprint density at radius 3 is 2.62 bits per heavy atom. The molecule has 2 bridgehead atoms. The van der Waals surface area contributed by atoms with Crippen molar-refractivity contribution in [2.75, 3.05) is 4.90 Å². The summed E-state index contributed by atoms with van der Waals surface area (Å²) in [6.45, 7) is 2.19. The van der Waals surface area contributed by atoms with Crippen LogP contribution in [-0.4, -0.2) is 17.1 Å². The molecule has 104 valence electrons. The molecule has 0 aliphatic carbocycles. The average Bonchev–Trinajstić information content (AvgIpc) is 2.98. The minimum Gasteiger partial charge on any atom is -0.478 e. The molecule has 0 saturated heterocycles. The van der Waals surface area contributed by atoms with Crippen molar-refractivity contribution in [1.29, 1.82) is 0 Å². The van der Waals surface area contributed by atoms with Crippen LogP contribution in [0.2, 0.25) is 0 Å². The fourth-order valence-electron chi connectivity index (χ4n) is 3.53. The lowest BCUT2D eigenvalue weighted by Crippen LogP contribution is -2.20. The van der Waals surface area contributed by atoms with Gasteiger partial charge in [0.25, 0.3) is 0 Å². The molecule has 2 aliphatic heterocycles. The van der Waals surface area contributed by atoms with Crippen molar-refractivity contribution in [2.45, 2.75) is 18.9 Å². The van der Waals surface area contributed by atoms with Crippen molar-refractivity contribution < 1.29 is 9.90 Å². The SMILES string of the molecule is CC1C2C(c3ccccc3)=CN1c1cc(C(=O)O)ccc12. The summed E-state index contributed by atoms with van der Waals surface area (Å²) in [5.41, 5.74) is 5.17. The molecule has 3 heteroatoms. The molecule has 0 amide bonds. The number of carboxylic acid groups (broad SMARTS) is 1. The summed E-state index contributed by atoms with van der Waals surface area (Å²) in [5, 5.41) is 9.15. The predicted octanol–water partition coefficient (Wildman–Crippen LogP) is 3.73. The van der Waals surface area contributed by atoms with Crippen LogP contribution in [0.4, 0.5) is 5.69 Å². The number of hydrogen-bond acceptors (Lipinski definition) is 2. The maximum Gasteiger partial charge on any atom is 0.335 e. The molecule has 1 N–H and O–H groups in total. The maximum absolute atomic E-state index is 11.1. The zero-order valence-corrected chi connectivity index (χ0v) is 11.7. The van der Waals surface area contributed by atoms with E-state index in [1.165, 1.54) is 16.7 Å². The second-order valence-corrected chi connectivity index (χ2v) is 5.65. The number of benzene rings is 2. The van der Waals surface area contributed by atoms with Crippen molar-refractivity contribution in [2.24, 2.45) is 0 Å². The number of aromatic carboxylic acids is 1. The summed E-state index contributed by atoms with van der Waals surface area (Å²) in [7, 11) is 0. The second kappa shape index (κ2) is 4.22. The van der Waals surface area contributed by atoms with Crippen LogP contribution in [0.1, 0.15) is 34.3 Å². The second-order valence-electron chi connectivity index (χ2n) is 5.65. The molecular formula is C18H15NO2. The highest BCUT2D eigenvalue weighted by molar-refractivity contribution is 5.93. The van der Waals surface area contributed by atoms with Gasteiger partial charge >= 0.3 is 5.97 Å². The summed E-state index contributed by atoms with van der Waals surface area (Å²) in [5.74, 6) is -0.549. The zero-order chi connectivity index (χ0) is 14.6. The Balaban J connectivity index is 1.82. The molecule has 2 atom stereocenters. The first-order valence-corrected chi connectivity index (χ1v) is 7.09. The minimum absolute atomic E-state index is 0.324. The van der Waals surface area contributed by atoms with Gasteiger partial charge in [0.05, 0.1) is 5.56 Å². The zero-order valence-electron chi connectivity index (χ0n) is 11.7. The van der Waals surface area contributed by atoms with Gasteiger partial charge in [-0.1, -0.05) is 36.4 Å². The van der Waals surface area contributed by atoms with Crippen LogP contribution in [0, 0.1) is 0 Å². The molecule has 0 aromatic heterocycles. The van der Waals surface area contributed by atoms with Gasteiger partial charge in [0, 0.05) is 23.8 Å². The van der Waals surface area contributed by atoms with E-state index < -0.39 is 5.97 Å². The first-order chi connectivity index (χ1) is 10.2. The van der Waals surface area contributed by atoms with Crippen molar-refractivity contribution >= 4 is 17.2 Å². The monoisotopic (exact) mass is 277 g/mol. The summed E-state index contributed by atoms with van der Waals surface area (Å²) in [6.07, 6.45) is 2.17. The molecule has 0 fully saturated rings. The van der Waals surface area contributed by atoms with E-state index in [1.807, 2.05) is 12.1 Å². The fourth-order valence-corrected chi connectivity index (χ4v) is 3.53. The third kappa shape index (κ3) is 1.64. The van der Waals surface area contributed by atoms with E-state index in [2.05, 4.69) is 42.3 Å². The Bertz CT molecular complexity index is 764. The Morgan fingerprint density at radius 2 is 1.90 bits per heavy atom. The standard InChI is InChI=1S/C18H15NO2/c1-11-17-14-8-7-13(18(20)21)9-16(14)19(11)10-15(17)12-5-3-2-4-6-12/h2-11,17H,1H3,(H,20,21). The third-order valence-corrected chi connectivity index (χ3v) is 4.53. The van der Waals surface area contributed by atoms with E-state index in [1.54, 1.807) is 12.1 Å². The molecule has 3 nitrogen and oxygen atoms in total. The first kappa shape index (κ1) is 12.2. The first-order valence-electron chi connectivity index (χ1n) is 7.09. The van der Waals surface area contributed by atoms with Crippen LogP contribution >= 0.6 is 0 Å². The van der Waals surface area contributed by atoms with E-state index >= 15 is 0 Å². The summed E-state index contributed by atoms with van der Waals surface area (Å²) >= 11 is 0. The lowest BCUT2D eigenvalue weighted by molar-refractivity contribution is 0.0697. The molecule has 2 aromatic rings.